The Bertz CT molecular complexity index is 233. The molecule has 2 heteroatoms. The highest BCUT2D eigenvalue weighted by molar-refractivity contribution is 4.84. The summed E-state index contributed by atoms with van der Waals surface area (Å²) in [5.41, 5.74) is 0. The predicted octanol–water partition coefficient (Wildman–Crippen LogP) is 3.28. The summed E-state index contributed by atoms with van der Waals surface area (Å²) in [6.07, 6.45) is 8.73. The highest BCUT2D eigenvalue weighted by Gasteiger charge is 2.29. The van der Waals surface area contributed by atoms with Gasteiger partial charge in [0, 0.05) is 18.6 Å². The maximum absolute atomic E-state index is 3.62. The number of hydrogen-bond acceptors (Lipinski definition) is 2. The number of rotatable bonds is 5. The topological polar surface area (TPSA) is 15.3 Å². The second-order valence-electron chi connectivity index (χ2n) is 6.85. The van der Waals surface area contributed by atoms with E-state index in [4.69, 9.17) is 0 Å². The lowest BCUT2D eigenvalue weighted by atomic mass is 9.92. The summed E-state index contributed by atoms with van der Waals surface area (Å²) in [4.78, 5) is 2.78. The summed E-state index contributed by atoms with van der Waals surface area (Å²) in [7, 11) is 0. The van der Waals surface area contributed by atoms with Crippen LogP contribution >= 0.6 is 0 Å². The van der Waals surface area contributed by atoms with Crippen molar-refractivity contribution in [3.8, 4) is 0 Å². The van der Waals surface area contributed by atoms with Gasteiger partial charge in [-0.05, 0) is 57.5 Å². The Labute approximate surface area is 114 Å². The first-order valence-electron chi connectivity index (χ1n) is 8.14. The Hall–Kier alpha value is -0.0800. The van der Waals surface area contributed by atoms with Crippen molar-refractivity contribution >= 4 is 0 Å². The molecular formula is C16H32N2. The van der Waals surface area contributed by atoms with Crippen LogP contribution in [-0.4, -0.2) is 36.6 Å². The second kappa shape index (κ2) is 6.91. The molecule has 0 amide bonds. The molecule has 106 valence electrons. The first-order valence-corrected chi connectivity index (χ1v) is 8.14. The van der Waals surface area contributed by atoms with Crippen molar-refractivity contribution < 1.29 is 0 Å². The highest BCUT2D eigenvalue weighted by atomic mass is 15.2. The van der Waals surface area contributed by atoms with Crippen LogP contribution < -0.4 is 5.32 Å². The van der Waals surface area contributed by atoms with Gasteiger partial charge in [-0.1, -0.05) is 26.7 Å². The van der Waals surface area contributed by atoms with Crippen LogP contribution in [0.4, 0.5) is 0 Å². The highest BCUT2D eigenvalue weighted by Crippen LogP contribution is 2.31. The van der Waals surface area contributed by atoms with E-state index in [0.717, 1.165) is 17.9 Å². The third kappa shape index (κ3) is 3.96. The van der Waals surface area contributed by atoms with Crippen LogP contribution in [0.2, 0.25) is 0 Å². The first-order chi connectivity index (χ1) is 8.66. The molecule has 2 aliphatic rings. The molecule has 2 fully saturated rings. The second-order valence-corrected chi connectivity index (χ2v) is 6.85. The third-order valence-corrected chi connectivity index (χ3v) is 5.02. The van der Waals surface area contributed by atoms with Gasteiger partial charge in [-0.3, -0.25) is 0 Å². The molecule has 0 spiro atoms. The Kier molecular flexibility index (Phi) is 5.50. The molecule has 2 nitrogen and oxygen atoms in total. The van der Waals surface area contributed by atoms with E-state index in [9.17, 15) is 0 Å². The molecule has 2 atom stereocenters. The van der Waals surface area contributed by atoms with E-state index in [1.807, 2.05) is 0 Å². The van der Waals surface area contributed by atoms with Gasteiger partial charge in [-0.25, -0.2) is 0 Å². The van der Waals surface area contributed by atoms with Gasteiger partial charge < -0.3 is 10.2 Å². The van der Waals surface area contributed by atoms with Crippen LogP contribution in [0.15, 0.2) is 0 Å². The Morgan fingerprint density at radius 3 is 2.44 bits per heavy atom. The molecular weight excluding hydrogens is 220 g/mol. The normalized spacial score (nSPS) is 29.0. The van der Waals surface area contributed by atoms with Crippen molar-refractivity contribution in [1.29, 1.82) is 0 Å². The molecule has 1 saturated heterocycles. The smallest absolute Gasteiger partial charge is 0.00953 e. The van der Waals surface area contributed by atoms with Gasteiger partial charge in [-0.2, -0.15) is 0 Å². The summed E-state index contributed by atoms with van der Waals surface area (Å²) in [5.74, 6) is 1.87. The summed E-state index contributed by atoms with van der Waals surface area (Å²) in [6.45, 7) is 10.9. The fraction of sp³-hybridized carbons (Fsp3) is 1.00. The van der Waals surface area contributed by atoms with Crippen molar-refractivity contribution in [2.24, 2.45) is 11.8 Å². The zero-order valence-corrected chi connectivity index (χ0v) is 12.6. The summed E-state index contributed by atoms with van der Waals surface area (Å²) < 4.78 is 0. The van der Waals surface area contributed by atoms with Crippen LogP contribution in [0, 0.1) is 11.8 Å². The number of hydrogen-bond donors (Lipinski definition) is 1. The number of likely N-dealkylation sites (tertiary alicyclic amines) is 1. The van der Waals surface area contributed by atoms with E-state index in [1.165, 1.54) is 58.2 Å². The minimum atomic E-state index is 0.632. The third-order valence-electron chi connectivity index (χ3n) is 5.02. The molecule has 2 unspecified atom stereocenters. The van der Waals surface area contributed by atoms with Crippen molar-refractivity contribution in [1.82, 2.24) is 10.2 Å². The fourth-order valence-electron chi connectivity index (χ4n) is 3.77. The summed E-state index contributed by atoms with van der Waals surface area (Å²) in [6, 6.07) is 1.46. The summed E-state index contributed by atoms with van der Waals surface area (Å²) >= 11 is 0. The molecule has 1 aliphatic heterocycles. The van der Waals surface area contributed by atoms with Crippen LogP contribution in [-0.2, 0) is 0 Å². The van der Waals surface area contributed by atoms with Crippen LogP contribution in [0.5, 0.6) is 0 Å². The van der Waals surface area contributed by atoms with E-state index >= 15 is 0 Å². The average molecular weight is 252 g/mol. The minimum absolute atomic E-state index is 0.632. The van der Waals surface area contributed by atoms with Gasteiger partial charge in [0.15, 0.2) is 0 Å². The van der Waals surface area contributed by atoms with Crippen LogP contribution in [0.1, 0.15) is 59.3 Å². The average Bonchev–Trinajstić information content (AvgIpc) is 2.89. The van der Waals surface area contributed by atoms with Gasteiger partial charge in [0.05, 0.1) is 0 Å². The molecule has 0 aromatic rings. The minimum Gasteiger partial charge on any atom is -0.314 e. The van der Waals surface area contributed by atoms with E-state index < -0.39 is 0 Å². The van der Waals surface area contributed by atoms with Crippen molar-refractivity contribution in [2.75, 3.05) is 19.6 Å². The van der Waals surface area contributed by atoms with Gasteiger partial charge in [0.1, 0.15) is 0 Å². The molecule has 0 aromatic carbocycles. The van der Waals surface area contributed by atoms with Gasteiger partial charge in [0.25, 0.3) is 0 Å². The molecule has 0 bridgehead atoms. The van der Waals surface area contributed by atoms with Crippen molar-refractivity contribution in [3.05, 3.63) is 0 Å². The molecule has 18 heavy (non-hydrogen) atoms. The number of piperidine rings is 1. The quantitative estimate of drug-likeness (QED) is 0.808. The maximum atomic E-state index is 3.62. The molecule has 0 aromatic heterocycles. The lowest BCUT2D eigenvalue weighted by Crippen LogP contribution is -2.46. The van der Waals surface area contributed by atoms with Crippen molar-refractivity contribution in [3.63, 3.8) is 0 Å². The first kappa shape index (κ1) is 14.3. The largest absolute Gasteiger partial charge is 0.314 e. The lowest BCUT2D eigenvalue weighted by Gasteiger charge is -2.39. The SMILES string of the molecule is CC(C)NCC1CCCN(C(C)C2CCCC2)C1. The maximum Gasteiger partial charge on any atom is 0.00953 e. The molecule has 1 heterocycles. The number of nitrogens with one attached hydrogen (secondary N) is 1. The van der Waals surface area contributed by atoms with E-state index in [1.54, 1.807) is 0 Å². The molecule has 1 saturated carbocycles. The molecule has 1 N–H and O–H groups in total. The van der Waals surface area contributed by atoms with Crippen molar-refractivity contribution in [2.45, 2.75) is 71.4 Å². The monoisotopic (exact) mass is 252 g/mol. The van der Waals surface area contributed by atoms with Crippen LogP contribution in [0.25, 0.3) is 0 Å². The van der Waals surface area contributed by atoms with E-state index in [0.29, 0.717) is 6.04 Å². The number of nitrogens with zero attached hydrogens (tertiary/aromatic N) is 1. The fourth-order valence-corrected chi connectivity index (χ4v) is 3.77. The van der Waals surface area contributed by atoms with Gasteiger partial charge in [-0.15, -0.1) is 0 Å². The Morgan fingerprint density at radius 2 is 1.78 bits per heavy atom. The molecule has 1 aliphatic carbocycles. The Balaban J connectivity index is 1.78. The van der Waals surface area contributed by atoms with Gasteiger partial charge >= 0.3 is 0 Å². The molecule has 2 rings (SSSR count). The zero-order chi connectivity index (χ0) is 13.0. The Morgan fingerprint density at radius 1 is 1.06 bits per heavy atom. The zero-order valence-electron chi connectivity index (χ0n) is 12.6. The standard InChI is InChI=1S/C16H32N2/c1-13(2)17-11-15-7-6-10-18(12-15)14(3)16-8-4-5-9-16/h13-17H,4-12H2,1-3H3. The van der Waals surface area contributed by atoms with Crippen LogP contribution in [0.3, 0.4) is 0 Å². The van der Waals surface area contributed by atoms with E-state index in [2.05, 4.69) is 31.0 Å². The summed E-state index contributed by atoms with van der Waals surface area (Å²) in [5, 5.41) is 3.62. The molecule has 0 radical (unpaired) electrons. The lowest BCUT2D eigenvalue weighted by molar-refractivity contribution is 0.0965. The van der Waals surface area contributed by atoms with Gasteiger partial charge in [0.2, 0.25) is 0 Å². The van der Waals surface area contributed by atoms with E-state index in [-0.39, 0.29) is 0 Å². The predicted molar refractivity (Wildman–Crippen MR) is 78.9 cm³/mol.